The van der Waals surface area contributed by atoms with E-state index < -0.39 is 6.10 Å². The molecule has 0 aliphatic heterocycles. The van der Waals surface area contributed by atoms with Gasteiger partial charge in [0.05, 0.1) is 0 Å². The molecule has 152 valence electrons. The largest absolute Gasteiger partial charge is 0.491 e. The summed E-state index contributed by atoms with van der Waals surface area (Å²) in [7, 11) is 0. The highest BCUT2D eigenvalue weighted by atomic mass is 35.5. The lowest BCUT2D eigenvalue weighted by Crippen LogP contribution is -2.39. The van der Waals surface area contributed by atoms with Gasteiger partial charge in [0.15, 0.2) is 0 Å². The summed E-state index contributed by atoms with van der Waals surface area (Å²) in [6.07, 6.45) is 3.57. The minimum Gasteiger partial charge on any atom is -0.491 e. The summed E-state index contributed by atoms with van der Waals surface area (Å²) in [4.78, 5) is 11.3. The predicted octanol–water partition coefficient (Wildman–Crippen LogP) is 3.34. The number of halogens is 1. The van der Waals surface area contributed by atoms with Crippen molar-refractivity contribution in [2.45, 2.75) is 44.8 Å². The Kier molecular flexibility index (Phi) is 8.77. The van der Waals surface area contributed by atoms with Gasteiger partial charge in [0.25, 0.3) is 0 Å². The molecule has 6 heteroatoms. The number of carbonyl (C=O) groups is 1. The molecule has 0 heterocycles. The lowest BCUT2D eigenvalue weighted by molar-refractivity contribution is -0.114. The number of ether oxygens (including phenoxy) is 1. The van der Waals surface area contributed by atoms with Gasteiger partial charge in [-0.2, -0.15) is 0 Å². The molecule has 2 atom stereocenters. The third kappa shape index (κ3) is 6.82. The van der Waals surface area contributed by atoms with Crippen LogP contribution >= 0.6 is 12.4 Å². The smallest absolute Gasteiger partial charge is 0.221 e. The van der Waals surface area contributed by atoms with E-state index >= 15 is 0 Å². The van der Waals surface area contributed by atoms with Crippen LogP contribution in [-0.2, 0) is 17.6 Å². The van der Waals surface area contributed by atoms with Crippen LogP contribution < -0.4 is 15.4 Å². The molecule has 0 bridgehead atoms. The van der Waals surface area contributed by atoms with E-state index in [9.17, 15) is 9.90 Å². The predicted molar refractivity (Wildman–Crippen MR) is 114 cm³/mol. The highest BCUT2D eigenvalue weighted by molar-refractivity contribution is 5.88. The molecule has 3 rings (SSSR count). The molecule has 28 heavy (non-hydrogen) atoms. The zero-order chi connectivity index (χ0) is 19.1. The molecule has 1 aliphatic carbocycles. The second-order valence-electron chi connectivity index (χ2n) is 7.14. The number of hydrogen-bond donors (Lipinski definition) is 3. The fraction of sp³-hybridized carbons (Fsp3) is 0.409. The van der Waals surface area contributed by atoms with Gasteiger partial charge in [-0.05, 0) is 61.1 Å². The minimum absolute atomic E-state index is 0. The molecule has 0 saturated carbocycles. The second kappa shape index (κ2) is 11.1. The van der Waals surface area contributed by atoms with Crippen LogP contribution in [0.4, 0.5) is 5.69 Å². The standard InChI is InChI=1S/C22H28N2O3.ClH/c1-16(25)24-20-11-10-17-6-5-7-19(12-18(17)13-20)23-14-21(26)15-27-22-8-3-2-4-9-22;/h2-4,8-11,13,19,21,23,26H,5-7,12,14-15H2,1H3,(H,24,25);1H/t19?,21-;/m0./s1. The van der Waals surface area contributed by atoms with Crippen LogP contribution in [-0.4, -0.2) is 36.3 Å². The van der Waals surface area contributed by atoms with Crippen LogP contribution in [0.3, 0.4) is 0 Å². The number of anilines is 1. The number of benzene rings is 2. The van der Waals surface area contributed by atoms with E-state index in [1.807, 2.05) is 36.4 Å². The average Bonchev–Trinajstić information content (AvgIpc) is 2.86. The van der Waals surface area contributed by atoms with Gasteiger partial charge in [-0.15, -0.1) is 12.4 Å². The molecule has 2 aromatic rings. The van der Waals surface area contributed by atoms with Gasteiger partial charge in [0.2, 0.25) is 5.91 Å². The lowest BCUT2D eigenvalue weighted by atomic mass is 10.0. The Labute approximate surface area is 172 Å². The molecule has 1 aliphatic rings. The first-order valence-electron chi connectivity index (χ1n) is 9.59. The molecule has 1 amide bonds. The second-order valence-corrected chi connectivity index (χ2v) is 7.14. The number of carbonyl (C=O) groups excluding carboxylic acids is 1. The molecular formula is C22H29ClN2O3. The summed E-state index contributed by atoms with van der Waals surface area (Å²) in [6.45, 7) is 2.29. The first-order chi connectivity index (χ1) is 13.1. The van der Waals surface area contributed by atoms with Gasteiger partial charge in [-0.1, -0.05) is 24.3 Å². The maximum atomic E-state index is 11.3. The highest BCUT2D eigenvalue weighted by Gasteiger charge is 2.18. The van der Waals surface area contributed by atoms with Crippen molar-refractivity contribution in [3.8, 4) is 5.75 Å². The maximum Gasteiger partial charge on any atom is 0.221 e. The lowest BCUT2D eigenvalue weighted by Gasteiger charge is -2.20. The fourth-order valence-corrected chi connectivity index (χ4v) is 3.49. The first kappa shape index (κ1) is 22.2. The monoisotopic (exact) mass is 404 g/mol. The molecule has 3 N–H and O–H groups in total. The Morgan fingerprint density at radius 3 is 2.75 bits per heavy atom. The summed E-state index contributed by atoms with van der Waals surface area (Å²) in [5.41, 5.74) is 3.46. The molecule has 5 nitrogen and oxygen atoms in total. The first-order valence-corrected chi connectivity index (χ1v) is 9.59. The average molecular weight is 405 g/mol. The van der Waals surface area contributed by atoms with Gasteiger partial charge in [-0.25, -0.2) is 0 Å². The van der Waals surface area contributed by atoms with Crippen molar-refractivity contribution >= 4 is 24.0 Å². The topological polar surface area (TPSA) is 70.6 Å². The number of para-hydroxylation sites is 1. The summed E-state index contributed by atoms with van der Waals surface area (Å²) in [5.74, 6) is 0.713. The van der Waals surface area contributed by atoms with Gasteiger partial charge in [0.1, 0.15) is 18.5 Å². The van der Waals surface area contributed by atoms with E-state index in [1.165, 1.54) is 18.1 Å². The SMILES string of the molecule is CC(=O)Nc1ccc2c(c1)CC(NC[C@H](O)COc1ccccc1)CCC2.Cl. The van der Waals surface area contributed by atoms with Crippen LogP contribution in [0.25, 0.3) is 0 Å². The van der Waals surface area contributed by atoms with Crippen molar-refractivity contribution in [2.24, 2.45) is 0 Å². The molecule has 0 radical (unpaired) electrons. The summed E-state index contributed by atoms with van der Waals surface area (Å²) in [6, 6.07) is 16.0. The Hall–Kier alpha value is -2.08. The van der Waals surface area contributed by atoms with Crippen molar-refractivity contribution in [1.82, 2.24) is 5.32 Å². The summed E-state index contributed by atoms with van der Waals surface area (Å²) < 4.78 is 5.61. The molecule has 0 fully saturated rings. The van der Waals surface area contributed by atoms with Gasteiger partial charge >= 0.3 is 0 Å². The quantitative estimate of drug-likeness (QED) is 0.619. The molecule has 0 saturated heterocycles. The number of nitrogens with one attached hydrogen (secondary N) is 2. The Morgan fingerprint density at radius 1 is 1.21 bits per heavy atom. The van der Waals surface area contributed by atoms with Crippen molar-refractivity contribution in [1.29, 1.82) is 0 Å². The zero-order valence-corrected chi connectivity index (χ0v) is 17.0. The number of fused-ring (bicyclic) bond motifs is 1. The Morgan fingerprint density at radius 2 is 2.00 bits per heavy atom. The molecule has 2 aromatic carbocycles. The third-order valence-electron chi connectivity index (χ3n) is 4.82. The van der Waals surface area contributed by atoms with E-state index in [4.69, 9.17) is 4.74 Å². The zero-order valence-electron chi connectivity index (χ0n) is 16.2. The summed E-state index contributed by atoms with van der Waals surface area (Å²) >= 11 is 0. The van der Waals surface area contributed by atoms with Gasteiger partial charge in [-0.3, -0.25) is 4.79 Å². The number of rotatable bonds is 7. The fourth-order valence-electron chi connectivity index (χ4n) is 3.49. The van der Waals surface area contributed by atoms with Crippen molar-refractivity contribution in [3.05, 3.63) is 59.7 Å². The number of hydrogen-bond acceptors (Lipinski definition) is 4. The van der Waals surface area contributed by atoms with Gasteiger partial charge < -0.3 is 20.5 Å². The van der Waals surface area contributed by atoms with E-state index in [2.05, 4.69) is 22.8 Å². The van der Waals surface area contributed by atoms with Crippen molar-refractivity contribution < 1.29 is 14.6 Å². The number of aliphatic hydroxyl groups excluding tert-OH is 1. The minimum atomic E-state index is -0.557. The number of amides is 1. The number of aryl methyl sites for hydroxylation is 1. The van der Waals surface area contributed by atoms with Crippen LogP contribution in [0.1, 0.15) is 30.9 Å². The maximum absolute atomic E-state index is 11.3. The summed E-state index contributed by atoms with van der Waals surface area (Å²) in [5, 5.41) is 16.6. The normalized spacial score (nSPS) is 16.9. The van der Waals surface area contributed by atoms with E-state index in [0.29, 0.717) is 12.6 Å². The molecule has 0 spiro atoms. The van der Waals surface area contributed by atoms with Crippen LogP contribution in [0.15, 0.2) is 48.5 Å². The Bertz CT molecular complexity index is 755. The van der Waals surface area contributed by atoms with Crippen LogP contribution in [0.2, 0.25) is 0 Å². The molecule has 0 aromatic heterocycles. The van der Waals surface area contributed by atoms with E-state index in [1.54, 1.807) is 0 Å². The van der Waals surface area contributed by atoms with Crippen LogP contribution in [0.5, 0.6) is 5.75 Å². The Balaban J connectivity index is 0.00000280. The van der Waals surface area contributed by atoms with Crippen molar-refractivity contribution in [2.75, 3.05) is 18.5 Å². The van der Waals surface area contributed by atoms with E-state index in [-0.39, 0.29) is 24.9 Å². The highest BCUT2D eigenvalue weighted by Crippen LogP contribution is 2.24. The van der Waals surface area contributed by atoms with Gasteiger partial charge in [0, 0.05) is 25.2 Å². The molecular weight excluding hydrogens is 376 g/mol. The third-order valence-corrected chi connectivity index (χ3v) is 4.82. The van der Waals surface area contributed by atoms with Crippen molar-refractivity contribution in [3.63, 3.8) is 0 Å². The number of aliphatic hydroxyl groups is 1. The van der Waals surface area contributed by atoms with Crippen LogP contribution in [0, 0.1) is 0 Å². The van der Waals surface area contributed by atoms with E-state index in [0.717, 1.165) is 37.1 Å². The molecule has 1 unspecified atom stereocenters.